The minimum atomic E-state index is -4.39. The predicted molar refractivity (Wildman–Crippen MR) is 126 cm³/mol. The molecule has 0 aliphatic carbocycles. The van der Waals surface area contributed by atoms with E-state index in [2.05, 4.69) is 35.4 Å². The number of aliphatic imine (C=N–C) groups is 1. The Morgan fingerprint density at radius 3 is 2.77 bits per heavy atom. The SMILES string of the molecule is CCNC(=NCCCc1nnc2n1CCCCC2)NCCc1nc(C(F)(F)F)cs1.I. The average Bonchev–Trinajstić information content (AvgIpc) is 3.26. The van der Waals surface area contributed by atoms with Crippen LogP contribution in [-0.2, 0) is 32.0 Å². The van der Waals surface area contributed by atoms with Crippen LogP contribution in [0, 0.1) is 0 Å². The van der Waals surface area contributed by atoms with Gasteiger partial charge in [0.15, 0.2) is 11.7 Å². The number of aromatic nitrogens is 4. The molecule has 1 aliphatic heterocycles. The first-order valence-electron chi connectivity index (χ1n) is 10.4. The maximum atomic E-state index is 12.6. The largest absolute Gasteiger partial charge is 0.434 e. The van der Waals surface area contributed by atoms with Crippen molar-refractivity contribution in [3.05, 3.63) is 27.7 Å². The molecule has 0 bridgehead atoms. The lowest BCUT2D eigenvalue weighted by Crippen LogP contribution is -2.38. The third-order valence-corrected chi connectivity index (χ3v) is 5.74. The van der Waals surface area contributed by atoms with E-state index in [1.165, 1.54) is 19.3 Å². The Labute approximate surface area is 201 Å². The van der Waals surface area contributed by atoms with E-state index in [4.69, 9.17) is 0 Å². The number of alkyl halides is 3. The molecule has 0 saturated carbocycles. The maximum absolute atomic E-state index is 12.6. The van der Waals surface area contributed by atoms with Crippen LogP contribution in [0.3, 0.4) is 0 Å². The zero-order valence-electron chi connectivity index (χ0n) is 17.5. The van der Waals surface area contributed by atoms with Crippen LogP contribution >= 0.6 is 35.3 Å². The molecule has 1 aliphatic rings. The number of fused-ring (bicyclic) bond motifs is 1. The molecule has 0 fully saturated rings. The van der Waals surface area contributed by atoms with Crippen molar-refractivity contribution in [3.8, 4) is 0 Å². The Hall–Kier alpha value is -1.44. The number of aryl methyl sites for hydroxylation is 2. The Bertz CT molecular complexity index is 835. The first kappa shape index (κ1) is 25.8. The van der Waals surface area contributed by atoms with Gasteiger partial charge < -0.3 is 15.2 Å². The lowest BCUT2D eigenvalue weighted by molar-refractivity contribution is -0.140. The van der Waals surface area contributed by atoms with Crippen LogP contribution in [0.2, 0.25) is 0 Å². The van der Waals surface area contributed by atoms with Crippen molar-refractivity contribution in [2.75, 3.05) is 19.6 Å². The molecule has 3 heterocycles. The second-order valence-electron chi connectivity index (χ2n) is 7.16. The number of nitrogens with one attached hydrogen (secondary N) is 2. The molecule has 174 valence electrons. The maximum Gasteiger partial charge on any atom is 0.434 e. The third kappa shape index (κ3) is 7.88. The van der Waals surface area contributed by atoms with Gasteiger partial charge in [0.05, 0.1) is 5.01 Å². The summed E-state index contributed by atoms with van der Waals surface area (Å²) < 4.78 is 40.1. The molecule has 2 aromatic rings. The molecule has 0 aromatic carbocycles. The Balaban J connectivity index is 0.00000341. The van der Waals surface area contributed by atoms with Crippen molar-refractivity contribution in [1.29, 1.82) is 0 Å². The molecular weight excluding hydrogens is 542 g/mol. The van der Waals surface area contributed by atoms with Gasteiger partial charge in [0, 0.05) is 50.8 Å². The fraction of sp³-hybridized carbons (Fsp3) is 0.684. The molecule has 0 saturated heterocycles. The summed E-state index contributed by atoms with van der Waals surface area (Å²) in [7, 11) is 0. The summed E-state index contributed by atoms with van der Waals surface area (Å²) in [6.45, 7) is 4.78. The van der Waals surface area contributed by atoms with Crippen LogP contribution in [0.15, 0.2) is 10.4 Å². The summed E-state index contributed by atoms with van der Waals surface area (Å²) >= 11 is 1.03. The lowest BCUT2D eigenvalue weighted by atomic mass is 10.2. The number of hydrogen-bond donors (Lipinski definition) is 2. The molecule has 2 N–H and O–H groups in total. The van der Waals surface area contributed by atoms with Gasteiger partial charge in [-0.15, -0.1) is 45.5 Å². The molecule has 12 heteroatoms. The number of hydrogen-bond acceptors (Lipinski definition) is 5. The van der Waals surface area contributed by atoms with Crippen molar-refractivity contribution >= 4 is 41.3 Å². The van der Waals surface area contributed by atoms with E-state index < -0.39 is 11.9 Å². The summed E-state index contributed by atoms with van der Waals surface area (Å²) in [5.74, 6) is 2.78. The summed E-state index contributed by atoms with van der Waals surface area (Å²) in [6.07, 6.45) is 2.31. The van der Waals surface area contributed by atoms with Gasteiger partial charge >= 0.3 is 6.18 Å². The Kier molecular flexibility index (Phi) is 10.5. The van der Waals surface area contributed by atoms with Gasteiger partial charge in [-0.1, -0.05) is 6.42 Å². The molecule has 0 amide bonds. The third-order valence-electron chi connectivity index (χ3n) is 4.83. The Morgan fingerprint density at radius 2 is 2.03 bits per heavy atom. The topological polar surface area (TPSA) is 80.0 Å². The minimum Gasteiger partial charge on any atom is -0.357 e. The Morgan fingerprint density at radius 1 is 1.19 bits per heavy atom. The van der Waals surface area contributed by atoms with Crippen molar-refractivity contribution in [1.82, 2.24) is 30.4 Å². The highest BCUT2D eigenvalue weighted by Crippen LogP contribution is 2.30. The van der Waals surface area contributed by atoms with E-state index in [1.807, 2.05) is 6.92 Å². The average molecular weight is 571 g/mol. The molecule has 0 atom stereocenters. The van der Waals surface area contributed by atoms with Gasteiger partial charge in [-0.2, -0.15) is 13.2 Å². The van der Waals surface area contributed by atoms with Crippen LogP contribution in [0.25, 0.3) is 0 Å². The van der Waals surface area contributed by atoms with Crippen LogP contribution < -0.4 is 10.6 Å². The van der Waals surface area contributed by atoms with Crippen molar-refractivity contribution < 1.29 is 13.2 Å². The normalized spacial score (nSPS) is 14.5. The number of guanidine groups is 1. The van der Waals surface area contributed by atoms with E-state index in [9.17, 15) is 13.2 Å². The van der Waals surface area contributed by atoms with Crippen molar-refractivity contribution in [2.45, 2.75) is 64.6 Å². The van der Waals surface area contributed by atoms with Crippen LogP contribution in [0.5, 0.6) is 0 Å². The lowest BCUT2D eigenvalue weighted by Gasteiger charge is -2.11. The molecular formula is C19H29F3IN7S. The molecule has 7 nitrogen and oxygen atoms in total. The number of thiazole rings is 1. The van der Waals surface area contributed by atoms with E-state index in [0.717, 1.165) is 54.2 Å². The molecule has 31 heavy (non-hydrogen) atoms. The standard InChI is InChI=1S/C19H28F3N7S.HI/c1-2-23-18(25-11-9-17-26-14(13-30-17)19(20,21)22)24-10-6-8-16-28-27-15-7-4-3-5-12-29(15)16;/h13H,2-12H2,1H3,(H2,23,24,25);1H. The minimum absolute atomic E-state index is 0. The van der Waals surface area contributed by atoms with Gasteiger partial charge in [-0.05, 0) is 26.2 Å². The smallest absolute Gasteiger partial charge is 0.357 e. The zero-order valence-corrected chi connectivity index (χ0v) is 20.7. The van der Waals surface area contributed by atoms with Gasteiger partial charge in [-0.25, -0.2) is 4.98 Å². The highest BCUT2D eigenvalue weighted by Gasteiger charge is 2.33. The van der Waals surface area contributed by atoms with Crippen molar-refractivity contribution in [3.63, 3.8) is 0 Å². The van der Waals surface area contributed by atoms with E-state index in [0.29, 0.717) is 37.0 Å². The second kappa shape index (κ2) is 12.6. The quantitative estimate of drug-likeness (QED) is 0.218. The first-order chi connectivity index (χ1) is 14.5. The van der Waals surface area contributed by atoms with Crippen LogP contribution in [0.1, 0.15) is 55.0 Å². The van der Waals surface area contributed by atoms with Gasteiger partial charge in [0.25, 0.3) is 0 Å². The highest BCUT2D eigenvalue weighted by molar-refractivity contribution is 14.0. The van der Waals surface area contributed by atoms with Gasteiger partial charge in [-0.3, -0.25) is 4.99 Å². The molecule has 2 aromatic heterocycles. The molecule has 0 radical (unpaired) electrons. The predicted octanol–water partition coefficient (Wildman–Crippen LogP) is 3.83. The second-order valence-corrected chi connectivity index (χ2v) is 8.10. The summed E-state index contributed by atoms with van der Waals surface area (Å²) in [4.78, 5) is 8.21. The number of rotatable bonds is 8. The number of nitrogens with zero attached hydrogens (tertiary/aromatic N) is 5. The fourth-order valence-electron chi connectivity index (χ4n) is 3.34. The molecule has 0 spiro atoms. The monoisotopic (exact) mass is 571 g/mol. The fourth-order valence-corrected chi connectivity index (χ4v) is 4.15. The summed E-state index contributed by atoms with van der Waals surface area (Å²) in [6, 6.07) is 0. The molecule has 0 unspecified atom stereocenters. The molecule has 3 rings (SSSR count). The van der Waals surface area contributed by atoms with Crippen molar-refractivity contribution in [2.24, 2.45) is 4.99 Å². The van der Waals surface area contributed by atoms with Gasteiger partial charge in [0.2, 0.25) is 0 Å². The number of halogens is 4. The van der Waals surface area contributed by atoms with E-state index in [1.54, 1.807) is 0 Å². The first-order valence-corrected chi connectivity index (χ1v) is 11.3. The summed E-state index contributed by atoms with van der Waals surface area (Å²) in [5.41, 5.74) is -0.825. The van der Waals surface area contributed by atoms with E-state index >= 15 is 0 Å². The summed E-state index contributed by atoms with van der Waals surface area (Å²) in [5, 5.41) is 16.5. The van der Waals surface area contributed by atoms with E-state index in [-0.39, 0.29) is 24.0 Å². The zero-order chi connectivity index (χ0) is 21.4. The van der Waals surface area contributed by atoms with Crippen LogP contribution in [-0.4, -0.2) is 45.3 Å². The van der Waals surface area contributed by atoms with Crippen LogP contribution in [0.4, 0.5) is 13.2 Å². The van der Waals surface area contributed by atoms with Gasteiger partial charge in [0.1, 0.15) is 11.6 Å². The highest BCUT2D eigenvalue weighted by atomic mass is 127.